The van der Waals surface area contributed by atoms with Gasteiger partial charge in [-0.3, -0.25) is 9.59 Å². The zero-order valence-corrected chi connectivity index (χ0v) is 23.4. The number of carbonyl (C=O) groups is 2. The molecule has 0 spiro atoms. The molecule has 1 aromatic heterocycles. The molecule has 1 N–H and O–H groups in total. The van der Waals surface area contributed by atoms with Crippen LogP contribution in [-0.2, 0) is 9.59 Å². The second kappa shape index (κ2) is 13.6. The van der Waals surface area contributed by atoms with Crippen molar-refractivity contribution in [2.45, 2.75) is 50.4 Å². The molecule has 0 unspecified atom stereocenters. The van der Waals surface area contributed by atoms with Gasteiger partial charge in [-0.15, -0.1) is 0 Å². The number of anilines is 1. The van der Waals surface area contributed by atoms with Gasteiger partial charge in [0, 0.05) is 38.2 Å². The van der Waals surface area contributed by atoms with Crippen LogP contribution in [-0.4, -0.2) is 58.1 Å². The first-order valence-corrected chi connectivity index (χ1v) is 14.4. The molecule has 0 saturated carbocycles. The van der Waals surface area contributed by atoms with Gasteiger partial charge in [0.1, 0.15) is 11.0 Å². The minimum atomic E-state index is -0.251. The lowest BCUT2D eigenvalue weighted by Crippen LogP contribution is -2.54. The third-order valence-corrected chi connectivity index (χ3v) is 7.62. The van der Waals surface area contributed by atoms with Crippen LogP contribution < -0.4 is 10.2 Å². The van der Waals surface area contributed by atoms with Crippen molar-refractivity contribution in [1.82, 2.24) is 20.2 Å². The number of halogens is 1. The summed E-state index contributed by atoms with van der Waals surface area (Å²) in [5.41, 5.74) is 2.03. The largest absolute Gasteiger partial charge is 0.353 e. The molecule has 1 aliphatic rings. The highest BCUT2D eigenvalue weighted by Crippen LogP contribution is 2.26. The quantitative estimate of drug-likeness (QED) is 0.208. The molecule has 1 fully saturated rings. The van der Waals surface area contributed by atoms with Crippen molar-refractivity contribution in [3.8, 4) is 0 Å². The zero-order valence-electron chi connectivity index (χ0n) is 21.8. The van der Waals surface area contributed by atoms with Crippen LogP contribution in [0, 0.1) is 0 Å². The SMILES string of the molecule is CCCCC(=O)N1CCN(c2cc(Cl)nc(SCC(=O)NC(c3ccccc3)c3ccccc3)n2)C[C@@H]1C. The number of unbranched alkanes of at least 4 members (excludes halogenated alkanes) is 1. The van der Waals surface area contributed by atoms with Crippen molar-refractivity contribution >= 4 is 41.0 Å². The van der Waals surface area contributed by atoms with Gasteiger partial charge in [0.2, 0.25) is 11.8 Å². The van der Waals surface area contributed by atoms with Gasteiger partial charge >= 0.3 is 0 Å². The summed E-state index contributed by atoms with van der Waals surface area (Å²) < 4.78 is 0. The Morgan fingerprint density at radius 1 is 1.05 bits per heavy atom. The average molecular weight is 552 g/mol. The summed E-state index contributed by atoms with van der Waals surface area (Å²) in [6.07, 6.45) is 2.52. The van der Waals surface area contributed by atoms with E-state index in [-0.39, 0.29) is 29.7 Å². The molecule has 1 saturated heterocycles. The van der Waals surface area contributed by atoms with E-state index in [1.807, 2.05) is 65.6 Å². The number of amides is 2. The molecule has 3 aromatic rings. The van der Waals surface area contributed by atoms with Gasteiger partial charge in [-0.25, -0.2) is 9.97 Å². The van der Waals surface area contributed by atoms with Crippen LogP contribution >= 0.6 is 23.4 Å². The monoisotopic (exact) mass is 551 g/mol. The molecule has 9 heteroatoms. The molecule has 0 bridgehead atoms. The number of rotatable bonds is 10. The van der Waals surface area contributed by atoms with E-state index in [0.717, 1.165) is 24.0 Å². The van der Waals surface area contributed by atoms with Crippen molar-refractivity contribution < 1.29 is 9.59 Å². The molecule has 2 aromatic carbocycles. The fraction of sp³-hybridized carbons (Fsp3) is 0.379. The predicted octanol–water partition coefficient (Wildman–Crippen LogP) is 5.36. The van der Waals surface area contributed by atoms with Crippen LogP contribution in [0.15, 0.2) is 71.9 Å². The second-order valence-electron chi connectivity index (χ2n) is 9.43. The highest BCUT2D eigenvalue weighted by atomic mass is 35.5. The van der Waals surface area contributed by atoms with E-state index < -0.39 is 0 Å². The van der Waals surface area contributed by atoms with E-state index in [1.54, 1.807) is 6.07 Å². The number of nitrogens with zero attached hydrogens (tertiary/aromatic N) is 4. The van der Waals surface area contributed by atoms with Crippen molar-refractivity contribution in [2.24, 2.45) is 0 Å². The highest BCUT2D eigenvalue weighted by molar-refractivity contribution is 7.99. The molecule has 0 aliphatic carbocycles. The Balaban J connectivity index is 1.39. The van der Waals surface area contributed by atoms with E-state index in [4.69, 9.17) is 11.6 Å². The molecule has 1 atom stereocenters. The lowest BCUT2D eigenvalue weighted by atomic mass is 9.99. The third kappa shape index (κ3) is 7.48. The summed E-state index contributed by atoms with van der Waals surface area (Å²) in [6, 6.07) is 21.4. The first-order valence-electron chi connectivity index (χ1n) is 13.1. The molecule has 4 rings (SSSR count). The number of benzene rings is 2. The standard InChI is InChI=1S/C29H34ClN5O2S/c1-3-4-15-27(37)35-17-16-34(19-21(35)2)25-18-24(30)31-29(32-25)38-20-26(36)33-28(22-11-7-5-8-12-22)23-13-9-6-10-14-23/h5-14,18,21,28H,3-4,15-17,19-20H2,1-2H3,(H,33,36)/t21-/m0/s1. The van der Waals surface area contributed by atoms with E-state index in [9.17, 15) is 9.59 Å². The van der Waals surface area contributed by atoms with Gasteiger partial charge < -0.3 is 15.1 Å². The predicted molar refractivity (Wildman–Crippen MR) is 154 cm³/mol. The maximum absolute atomic E-state index is 13.0. The summed E-state index contributed by atoms with van der Waals surface area (Å²) in [7, 11) is 0. The average Bonchev–Trinajstić information content (AvgIpc) is 2.94. The molecular weight excluding hydrogens is 518 g/mol. The number of carbonyl (C=O) groups excluding carboxylic acids is 2. The number of nitrogens with one attached hydrogen (secondary N) is 1. The highest BCUT2D eigenvalue weighted by Gasteiger charge is 2.28. The minimum absolute atomic E-state index is 0.0802. The lowest BCUT2D eigenvalue weighted by Gasteiger charge is -2.40. The van der Waals surface area contributed by atoms with Gasteiger partial charge in [-0.05, 0) is 24.5 Å². The second-order valence-corrected chi connectivity index (χ2v) is 10.8. The summed E-state index contributed by atoms with van der Waals surface area (Å²) in [5.74, 6) is 0.968. The van der Waals surface area contributed by atoms with Crippen LogP contribution in [0.4, 0.5) is 5.82 Å². The van der Waals surface area contributed by atoms with Crippen LogP contribution in [0.2, 0.25) is 5.15 Å². The van der Waals surface area contributed by atoms with Crippen LogP contribution in [0.25, 0.3) is 0 Å². The smallest absolute Gasteiger partial charge is 0.231 e. The van der Waals surface area contributed by atoms with E-state index in [2.05, 4.69) is 34.0 Å². The molecule has 7 nitrogen and oxygen atoms in total. The summed E-state index contributed by atoms with van der Waals surface area (Å²) >= 11 is 7.60. The lowest BCUT2D eigenvalue weighted by molar-refractivity contribution is -0.133. The molecular formula is C29H34ClN5O2S. The molecule has 2 heterocycles. The molecule has 1 aliphatic heterocycles. The number of hydrogen-bond donors (Lipinski definition) is 1. The van der Waals surface area contributed by atoms with Crippen molar-refractivity contribution in [1.29, 1.82) is 0 Å². The van der Waals surface area contributed by atoms with Gasteiger partial charge in [0.15, 0.2) is 5.16 Å². The molecule has 2 amide bonds. The maximum atomic E-state index is 13.0. The number of aromatic nitrogens is 2. The van der Waals surface area contributed by atoms with Gasteiger partial charge in [-0.1, -0.05) is 97.4 Å². The Morgan fingerprint density at radius 2 is 1.71 bits per heavy atom. The van der Waals surface area contributed by atoms with Gasteiger partial charge in [-0.2, -0.15) is 0 Å². The van der Waals surface area contributed by atoms with Crippen molar-refractivity contribution in [3.05, 3.63) is 83.0 Å². The van der Waals surface area contributed by atoms with Gasteiger partial charge in [0.05, 0.1) is 11.8 Å². The van der Waals surface area contributed by atoms with Gasteiger partial charge in [0.25, 0.3) is 0 Å². The molecule has 0 radical (unpaired) electrons. The topological polar surface area (TPSA) is 78.4 Å². The molecule has 38 heavy (non-hydrogen) atoms. The van der Waals surface area contributed by atoms with Crippen molar-refractivity contribution in [3.63, 3.8) is 0 Å². The van der Waals surface area contributed by atoms with Crippen LogP contribution in [0.1, 0.15) is 50.3 Å². The first kappa shape index (κ1) is 27.9. The summed E-state index contributed by atoms with van der Waals surface area (Å²) in [5, 5.41) is 3.94. The Labute approximate surface area is 234 Å². The Kier molecular flexibility index (Phi) is 10.0. The fourth-order valence-electron chi connectivity index (χ4n) is 4.60. The van der Waals surface area contributed by atoms with E-state index >= 15 is 0 Å². The minimum Gasteiger partial charge on any atom is -0.353 e. The Bertz CT molecular complexity index is 1170. The number of piperazine rings is 1. The Morgan fingerprint density at radius 3 is 2.32 bits per heavy atom. The number of hydrogen-bond acceptors (Lipinski definition) is 6. The maximum Gasteiger partial charge on any atom is 0.231 e. The number of thioether (sulfide) groups is 1. The van der Waals surface area contributed by atoms with E-state index in [0.29, 0.717) is 42.2 Å². The van der Waals surface area contributed by atoms with Crippen LogP contribution in [0.5, 0.6) is 0 Å². The first-order chi connectivity index (χ1) is 18.4. The summed E-state index contributed by atoms with van der Waals surface area (Å²) in [4.78, 5) is 38.7. The third-order valence-electron chi connectivity index (χ3n) is 6.58. The van der Waals surface area contributed by atoms with Crippen LogP contribution in [0.3, 0.4) is 0 Å². The normalized spacial score (nSPS) is 15.5. The summed E-state index contributed by atoms with van der Waals surface area (Å²) in [6.45, 7) is 6.16. The zero-order chi connectivity index (χ0) is 26.9. The fourth-order valence-corrected chi connectivity index (χ4v) is 5.49. The van der Waals surface area contributed by atoms with E-state index in [1.165, 1.54) is 11.8 Å². The Hall–Kier alpha value is -3.10. The molecule has 200 valence electrons. The van der Waals surface area contributed by atoms with Crippen molar-refractivity contribution in [2.75, 3.05) is 30.3 Å².